The molecule has 1 aromatic carbocycles. The van der Waals surface area contributed by atoms with Gasteiger partial charge in [0.1, 0.15) is 0 Å². The van der Waals surface area contributed by atoms with Gasteiger partial charge in [-0.3, -0.25) is 0 Å². The lowest BCUT2D eigenvalue weighted by Crippen LogP contribution is -2.48. The molecular weight excluding hydrogens is 178 g/mol. The smallest absolute Gasteiger partial charge is 0.245 e. The Morgan fingerprint density at radius 1 is 1.29 bits per heavy atom. The Bertz CT molecular complexity index is 427. The van der Waals surface area contributed by atoms with Crippen molar-refractivity contribution in [1.29, 1.82) is 0 Å². The summed E-state index contributed by atoms with van der Waals surface area (Å²) in [6, 6.07) is 7.79. The molecular formula is C10H9N3O. The highest BCUT2D eigenvalue weighted by atomic mass is 16.7. The number of hydrogen-bond donors (Lipinski definition) is 2. The quantitative estimate of drug-likeness (QED) is 0.633. The molecule has 1 aromatic rings. The third-order valence-electron chi connectivity index (χ3n) is 2.33. The Hall–Kier alpha value is -1.81. The van der Waals surface area contributed by atoms with E-state index in [-0.39, 0.29) is 0 Å². The van der Waals surface area contributed by atoms with Crippen molar-refractivity contribution in [2.45, 2.75) is 5.79 Å². The largest absolute Gasteiger partial charge is 0.404 e. The number of rotatable bonds is 0. The molecule has 3 rings (SSSR count). The van der Waals surface area contributed by atoms with Crippen LogP contribution in [0.25, 0.3) is 0 Å². The van der Waals surface area contributed by atoms with E-state index >= 15 is 0 Å². The second kappa shape index (κ2) is 2.59. The van der Waals surface area contributed by atoms with E-state index in [1.165, 1.54) is 0 Å². The van der Waals surface area contributed by atoms with Gasteiger partial charge in [0.05, 0.1) is 5.56 Å². The fourth-order valence-electron chi connectivity index (χ4n) is 1.65. The van der Waals surface area contributed by atoms with Gasteiger partial charge in [-0.15, -0.1) is 5.48 Å². The van der Waals surface area contributed by atoms with E-state index in [1.807, 2.05) is 36.5 Å². The highest BCUT2D eigenvalue weighted by molar-refractivity contribution is 5.73. The van der Waals surface area contributed by atoms with Crippen LogP contribution in [0.15, 0.2) is 41.5 Å². The van der Waals surface area contributed by atoms with E-state index in [4.69, 9.17) is 4.84 Å². The summed E-state index contributed by atoms with van der Waals surface area (Å²) in [6.07, 6.45) is 5.42. The molecule has 2 aliphatic rings. The molecule has 2 heterocycles. The second-order valence-electron chi connectivity index (χ2n) is 3.19. The third kappa shape index (κ3) is 0.885. The summed E-state index contributed by atoms with van der Waals surface area (Å²) in [5.74, 6) is 0.179. The Kier molecular flexibility index (Phi) is 1.40. The van der Waals surface area contributed by atoms with Gasteiger partial charge in [0.25, 0.3) is 0 Å². The molecule has 70 valence electrons. The van der Waals surface area contributed by atoms with Crippen LogP contribution in [0.4, 0.5) is 0 Å². The van der Waals surface area contributed by atoms with Crippen LogP contribution in [-0.2, 0) is 5.79 Å². The van der Waals surface area contributed by atoms with Crippen molar-refractivity contribution < 1.29 is 4.84 Å². The lowest BCUT2D eigenvalue weighted by molar-refractivity contribution is 0.118. The lowest BCUT2D eigenvalue weighted by Gasteiger charge is -2.25. The summed E-state index contributed by atoms with van der Waals surface area (Å²) in [6.45, 7) is 0. The normalized spacial score (nSPS) is 27.1. The number of benzene rings is 1. The lowest BCUT2D eigenvalue weighted by atomic mass is 10.1. The molecule has 4 heteroatoms. The van der Waals surface area contributed by atoms with Crippen LogP contribution in [0.2, 0.25) is 0 Å². The van der Waals surface area contributed by atoms with Crippen molar-refractivity contribution in [3.05, 3.63) is 42.1 Å². The molecule has 4 nitrogen and oxygen atoms in total. The monoisotopic (exact) mass is 187 g/mol. The van der Waals surface area contributed by atoms with Crippen molar-refractivity contribution in [2.24, 2.45) is 4.99 Å². The molecule has 0 fully saturated rings. The van der Waals surface area contributed by atoms with E-state index in [0.717, 1.165) is 11.3 Å². The SMILES string of the molecule is C1=CNC2(N=C1)NOc1ccccc12. The molecule has 0 amide bonds. The molecule has 0 radical (unpaired) electrons. The van der Waals surface area contributed by atoms with Gasteiger partial charge in [-0.1, -0.05) is 12.1 Å². The molecule has 1 unspecified atom stereocenters. The summed E-state index contributed by atoms with van der Waals surface area (Å²) >= 11 is 0. The van der Waals surface area contributed by atoms with Gasteiger partial charge in [0, 0.05) is 12.4 Å². The minimum atomic E-state index is -0.634. The molecule has 2 N–H and O–H groups in total. The van der Waals surface area contributed by atoms with Crippen molar-refractivity contribution in [3.8, 4) is 5.75 Å². The summed E-state index contributed by atoms with van der Waals surface area (Å²) in [5, 5.41) is 3.14. The predicted octanol–water partition coefficient (Wildman–Crippen LogP) is 0.882. The molecule has 2 aliphatic heterocycles. The number of para-hydroxylation sites is 1. The van der Waals surface area contributed by atoms with Crippen molar-refractivity contribution >= 4 is 6.21 Å². The van der Waals surface area contributed by atoms with E-state index in [2.05, 4.69) is 15.8 Å². The zero-order valence-corrected chi connectivity index (χ0v) is 7.40. The summed E-state index contributed by atoms with van der Waals surface area (Å²) in [4.78, 5) is 9.67. The molecule has 0 aliphatic carbocycles. The first-order valence-electron chi connectivity index (χ1n) is 4.42. The Morgan fingerprint density at radius 3 is 3.07 bits per heavy atom. The molecule has 14 heavy (non-hydrogen) atoms. The van der Waals surface area contributed by atoms with Crippen LogP contribution < -0.4 is 15.6 Å². The van der Waals surface area contributed by atoms with Crippen LogP contribution >= 0.6 is 0 Å². The van der Waals surface area contributed by atoms with E-state index in [0.29, 0.717) is 0 Å². The van der Waals surface area contributed by atoms with Gasteiger partial charge >= 0.3 is 0 Å². The number of aliphatic imine (C=N–C) groups is 1. The van der Waals surface area contributed by atoms with Gasteiger partial charge in [0.15, 0.2) is 5.75 Å². The maximum Gasteiger partial charge on any atom is 0.245 e. The maximum atomic E-state index is 5.33. The first-order chi connectivity index (χ1) is 6.91. The maximum absolute atomic E-state index is 5.33. The van der Waals surface area contributed by atoms with E-state index in [9.17, 15) is 0 Å². The van der Waals surface area contributed by atoms with Crippen LogP contribution in [0.5, 0.6) is 5.75 Å². The van der Waals surface area contributed by atoms with Gasteiger partial charge in [0.2, 0.25) is 5.79 Å². The molecule has 1 spiro atoms. The van der Waals surface area contributed by atoms with Crippen LogP contribution in [0, 0.1) is 0 Å². The molecule has 0 bridgehead atoms. The minimum absolute atomic E-state index is 0.634. The average Bonchev–Trinajstić information content (AvgIpc) is 2.60. The van der Waals surface area contributed by atoms with Crippen LogP contribution in [-0.4, -0.2) is 6.21 Å². The first kappa shape index (κ1) is 7.58. The van der Waals surface area contributed by atoms with Crippen LogP contribution in [0.1, 0.15) is 5.56 Å². The topological polar surface area (TPSA) is 45.7 Å². The van der Waals surface area contributed by atoms with Gasteiger partial charge in [-0.05, 0) is 18.2 Å². The van der Waals surface area contributed by atoms with Gasteiger partial charge in [-0.2, -0.15) is 0 Å². The first-order valence-corrected chi connectivity index (χ1v) is 4.42. The van der Waals surface area contributed by atoms with Crippen molar-refractivity contribution in [2.75, 3.05) is 0 Å². The second-order valence-corrected chi connectivity index (χ2v) is 3.19. The number of fused-ring (bicyclic) bond motifs is 2. The summed E-state index contributed by atoms with van der Waals surface area (Å²) in [7, 11) is 0. The Labute approximate surface area is 81.3 Å². The number of allylic oxidation sites excluding steroid dienone is 1. The van der Waals surface area contributed by atoms with Gasteiger partial charge in [-0.25, -0.2) is 4.99 Å². The summed E-state index contributed by atoms with van der Waals surface area (Å²) in [5.41, 5.74) is 3.88. The highest BCUT2D eigenvalue weighted by Gasteiger charge is 2.39. The van der Waals surface area contributed by atoms with Crippen LogP contribution in [0.3, 0.4) is 0 Å². The van der Waals surface area contributed by atoms with Crippen molar-refractivity contribution in [3.63, 3.8) is 0 Å². The minimum Gasteiger partial charge on any atom is -0.404 e. The molecule has 1 atom stereocenters. The summed E-state index contributed by atoms with van der Waals surface area (Å²) < 4.78 is 0. The van der Waals surface area contributed by atoms with E-state index < -0.39 is 5.79 Å². The number of hydroxylamine groups is 1. The Balaban J connectivity index is 2.13. The fraction of sp³-hybridized carbons (Fsp3) is 0.100. The highest BCUT2D eigenvalue weighted by Crippen LogP contribution is 2.34. The van der Waals surface area contributed by atoms with Gasteiger partial charge < -0.3 is 10.2 Å². The fourth-order valence-corrected chi connectivity index (χ4v) is 1.65. The van der Waals surface area contributed by atoms with Crippen molar-refractivity contribution in [1.82, 2.24) is 10.8 Å². The predicted molar refractivity (Wildman–Crippen MR) is 52.7 cm³/mol. The average molecular weight is 187 g/mol. The molecule has 0 aromatic heterocycles. The Morgan fingerprint density at radius 2 is 2.21 bits per heavy atom. The van der Waals surface area contributed by atoms with E-state index in [1.54, 1.807) is 6.21 Å². The molecule has 0 saturated carbocycles. The third-order valence-corrected chi connectivity index (χ3v) is 2.33. The number of hydrogen-bond acceptors (Lipinski definition) is 4. The molecule has 0 saturated heterocycles. The zero-order chi connectivity index (χ0) is 9.43. The number of nitrogens with zero attached hydrogens (tertiary/aromatic N) is 1. The number of nitrogens with one attached hydrogen (secondary N) is 2. The standard InChI is InChI=1S/C10H9N3O/c1-2-5-9-8(4-1)10(13-14-9)11-6-3-7-12-10/h1-7,11,13H. The zero-order valence-electron chi connectivity index (χ0n) is 7.40.